The van der Waals surface area contributed by atoms with E-state index in [9.17, 15) is 9.18 Å². The average Bonchev–Trinajstić information content (AvgIpc) is 2.55. The van der Waals surface area contributed by atoms with E-state index in [4.69, 9.17) is 21.1 Å². The van der Waals surface area contributed by atoms with Crippen molar-refractivity contribution in [1.29, 1.82) is 0 Å². The third-order valence-electron chi connectivity index (χ3n) is 3.55. The molecule has 0 fully saturated rings. The summed E-state index contributed by atoms with van der Waals surface area (Å²) in [6, 6.07) is 7.62. The van der Waals surface area contributed by atoms with Gasteiger partial charge in [0.1, 0.15) is 19.0 Å². The van der Waals surface area contributed by atoms with Crippen LogP contribution in [0.1, 0.15) is 21.5 Å². The fourth-order valence-corrected chi connectivity index (χ4v) is 2.67. The van der Waals surface area contributed by atoms with Crippen LogP contribution in [-0.4, -0.2) is 19.1 Å². The number of fused-ring (bicyclic) bond motifs is 1. The highest BCUT2D eigenvalue weighted by molar-refractivity contribution is 6.32. The van der Waals surface area contributed by atoms with E-state index in [1.165, 1.54) is 12.1 Å². The molecule has 3 rings (SSSR count). The van der Waals surface area contributed by atoms with E-state index in [1.54, 1.807) is 25.1 Å². The minimum absolute atomic E-state index is 0.255. The molecule has 0 radical (unpaired) electrons. The van der Waals surface area contributed by atoms with Crippen LogP contribution in [0.5, 0.6) is 11.5 Å². The average molecular weight is 336 g/mol. The zero-order valence-corrected chi connectivity index (χ0v) is 13.2. The van der Waals surface area contributed by atoms with Crippen molar-refractivity contribution in [2.45, 2.75) is 13.5 Å². The molecule has 4 nitrogen and oxygen atoms in total. The van der Waals surface area contributed by atoms with Gasteiger partial charge >= 0.3 is 0 Å². The van der Waals surface area contributed by atoms with Gasteiger partial charge in [0.05, 0.1) is 5.02 Å². The summed E-state index contributed by atoms with van der Waals surface area (Å²) < 4.78 is 24.2. The second-order valence-corrected chi connectivity index (χ2v) is 5.65. The highest BCUT2D eigenvalue weighted by atomic mass is 35.5. The Morgan fingerprint density at radius 1 is 1.26 bits per heavy atom. The molecule has 0 atom stereocenters. The number of halogens is 2. The van der Waals surface area contributed by atoms with Crippen LogP contribution in [0, 0.1) is 12.7 Å². The Kier molecular flexibility index (Phi) is 4.39. The van der Waals surface area contributed by atoms with Crippen molar-refractivity contribution in [3.8, 4) is 11.5 Å². The predicted octanol–water partition coefficient (Wildman–Crippen LogP) is 3.49. The number of ether oxygens (including phenoxy) is 2. The molecule has 0 saturated heterocycles. The predicted molar refractivity (Wildman–Crippen MR) is 84.7 cm³/mol. The van der Waals surface area contributed by atoms with Crippen molar-refractivity contribution in [3.05, 3.63) is 57.9 Å². The first kappa shape index (κ1) is 15.6. The number of hydrogen-bond donors (Lipinski definition) is 1. The lowest BCUT2D eigenvalue weighted by Gasteiger charge is -2.20. The molecule has 23 heavy (non-hydrogen) atoms. The minimum Gasteiger partial charge on any atom is -0.486 e. The number of carbonyl (C=O) groups excluding carboxylic acids is 1. The molecular formula is C17H15ClFNO3. The van der Waals surface area contributed by atoms with Crippen molar-refractivity contribution in [2.24, 2.45) is 0 Å². The molecule has 2 aromatic rings. The summed E-state index contributed by atoms with van der Waals surface area (Å²) in [5.41, 5.74) is 1.81. The summed E-state index contributed by atoms with van der Waals surface area (Å²) in [6.07, 6.45) is 0. The molecule has 1 N–H and O–H groups in total. The minimum atomic E-state index is -0.442. The van der Waals surface area contributed by atoms with E-state index in [0.29, 0.717) is 40.9 Å². The van der Waals surface area contributed by atoms with Crippen molar-refractivity contribution in [1.82, 2.24) is 5.32 Å². The van der Waals surface area contributed by atoms with Gasteiger partial charge in [-0.2, -0.15) is 0 Å². The standard InChI is InChI=1S/C17H15ClFNO3/c1-10-2-3-12(19)8-13(10)17(21)20-9-11-6-14(18)16-15(7-11)22-4-5-23-16/h2-3,6-8H,4-5,9H2,1H3,(H,20,21). The van der Waals surface area contributed by atoms with Crippen LogP contribution in [-0.2, 0) is 6.54 Å². The quantitative estimate of drug-likeness (QED) is 0.934. The van der Waals surface area contributed by atoms with Gasteiger partial charge in [0.2, 0.25) is 0 Å². The van der Waals surface area contributed by atoms with Gasteiger partial charge < -0.3 is 14.8 Å². The Bertz CT molecular complexity index is 764. The molecule has 1 amide bonds. The van der Waals surface area contributed by atoms with Crippen LogP contribution in [0.4, 0.5) is 4.39 Å². The lowest BCUT2D eigenvalue weighted by atomic mass is 10.1. The van der Waals surface area contributed by atoms with Crippen LogP contribution >= 0.6 is 11.6 Å². The van der Waals surface area contributed by atoms with Gasteiger partial charge in [0, 0.05) is 12.1 Å². The number of carbonyl (C=O) groups is 1. The summed E-state index contributed by atoms with van der Waals surface area (Å²) in [5.74, 6) is 0.306. The van der Waals surface area contributed by atoms with E-state index in [0.717, 1.165) is 5.56 Å². The molecule has 0 unspecified atom stereocenters. The smallest absolute Gasteiger partial charge is 0.251 e. The van der Waals surface area contributed by atoms with Crippen molar-refractivity contribution in [3.63, 3.8) is 0 Å². The van der Waals surface area contributed by atoms with Gasteiger partial charge in [-0.25, -0.2) is 4.39 Å². The maximum atomic E-state index is 13.3. The van der Waals surface area contributed by atoms with Gasteiger partial charge in [-0.3, -0.25) is 4.79 Å². The molecule has 0 spiro atoms. The van der Waals surface area contributed by atoms with E-state index in [2.05, 4.69) is 5.32 Å². The third kappa shape index (κ3) is 3.40. The van der Waals surface area contributed by atoms with Crippen LogP contribution in [0.15, 0.2) is 30.3 Å². The molecule has 2 aromatic carbocycles. The molecule has 120 valence electrons. The van der Waals surface area contributed by atoms with Gasteiger partial charge in [-0.05, 0) is 42.3 Å². The Hall–Kier alpha value is -2.27. The molecule has 1 aliphatic heterocycles. The Balaban J connectivity index is 1.74. The van der Waals surface area contributed by atoms with Gasteiger partial charge in [0.25, 0.3) is 5.91 Å². The van der Waals surface area contributed by atoms with Crippen LogP contribution in [0.25, 0.3) is 0 Å². The topological polar surface area (TPSA) is 47.6 Å². The second kappa shape index (κ2) is 6.46. The maximum Gasteiger partial charge on any atom is 0.251 e. The Morgan fingerprint density at radius 3 is 2.87 bits per heavy atom. The maximum absolute atomic E-state index is 13.3. The largest absolute Gasteiger partial charge is 0.486 e. The lowest BCUT2D eigenvalue weighted by Crippen LogP contribution is -2.24. The number of rotatable bonds is 3. The number of nitrogens with one attached hydrogen (secondary N) is 1. The van der Waals surface area contributed by atoms with Crippen molar-refractivity contribution < 1.29 is 18.7 Å². The normalized spacial score (nSPS) is 12.8. The highest BCUT2D eigenvalue weighted by Crippen LogP contribution is 2.38. The number of hydrogen-bond acceptors (Lipinski definition) is 3. The van der Waals surface area contributed by atoms with Gasteiger partial charge in [-0.1, -0.05) is 17.7 Å². The fraction of sp³-hybridized carbons (Fsp3) is 0.235. The Labute approximate surface area is 138 Å². The zero-order chi connectivity index (χ0) is 16.4. The van der Waals surface area contributed by atoms with Crippen LogP contribution in [0.2, 0.25) is 5.02 Å². The van der Waals surface area contributed by atoms with Crippen molar-refractivity contribution in [2.75, 3.05) is 13.2 Å². The number of aryl methyl sites for hydroxylation is 1. The van der Waals surface area contributed by atoms with Crippen LogP contribution in [0.3, 0.4) is 0 Å². The number of amides is 1. The Morgan fingerprint density at radius 2 is 2.04 bits per heavy atom. The summed E-state index contributed by atoms with van der Waals surface area (Å²) in [5, 5.41) is 3.20. The summed E-state index contributed by atoms with van der Waals surface area (Å²) in [7, 11) is 0. The molecule has 0 aromatic heterocycles. The highest BCUT2D eigenvalue weighted by Gasteiger charge is 2.17. The second-order valence-electron chi connectivity index (χ2n) is 5.24. The first-order valence-electron chi connectivity index (χ1n) is 7.17. The first-order chi connectivity index (χ1) is 11.0. The third-order valence-corrected chi connectivity index (χ3v) is 3.83. The van der Waals surface area contributed by atoms with Gasteiger partial charge in [-0.15, -0.1) is 0 Å². The summed E-state index contributed by atoms with van der Waals surface area (Å²) in [4.78, 5) is 12.2. The van der Waals surface area contributed by atoms with Crippen molar-refractivity contribution >= 4 is 17.5 Å². The van der Waals surface area contributed by atoms with Gasteiger partial charge in [0.15, 0.2) is 11.5 Å². The molecule has 0 saturated carbocycles. The first-order valence-corrected chi connectivity index (χ1v) is 7.55. The molecule has 0 aliphatic carbocycles. The monoisotopic (exact) mass is 335 g/mol. The number of benzene rings is 2. The molecular weight excluding hydrogens is 321 g/mol. The molecule has 6 heteroatoms. The van der Waals surface area contributed by atoms with E-state index in [1.807, 2.05) is 0 Å². The fourth-order valence-electron chi connectivity index (χ4n) is 2.38. The lowest BCUT2D eigenvalue weighted by molar-refractivity contribution is 0.0949. The molecule has 1 aliphatic rings. The SMILES string of the molecule is Cc1ccc(F)cc1C(=O)NCc1cc(Cl)c2c(c1)OCCO2. The van der Waals surface area contributed by atoms with E-state index >= 15 is 0 Å². The molecule has 1 heterocycles. The molecule has 0 bridgehead atoms. The summed E-state index contributed by atoms with van der Waals surface area (Å²) in [6.45, 7) is 2.93. The van der Waals surface area contributed by atoms with Crippen LogP contribution < -0.4 is 14.8 Å². The van der Waals surface area contributed by atoms with E-state index in [-0.39, 0.29) is 12.5 Å². The van der Waals surface area contributed by atoms with E-state index < -0.39 is 5.82 Å². The zero-order valence-electron chi connectivity index (χ0n) is 12.5. The summed E-state index contributed by atoms with van der Waals surface area (Å²) >= 11 is 6.16.